The van der Waals surface area contributed by atoms with Gasteiger partial charge in [0, 0.05) is 12.8 Å². The molecule has 0 bridgehead atoms. The van der Waals surface area contributed by atoms with Crippen molar-refractivity contribution < 1.29 is 14.3 Å². The van der Waals surface area contributed by atoms with Crippen LogP contribution in [0.4, 0.5) is 0 Å². The Kier molecular flexibility index (Phi) is 4.95. The Labute approximate surface area is 104 Å². The van der Waals surface area contributed by atoms with Crippen molar-refractivity contribution in [2.75, 3.05) is 6.54 Å². The Morgan fingerprint density at radius 1 is 1.35 bits per heavy atom. The molecule has 0 spiro atoms. The first-order chi connectivity index (χ1) is 7.85. The quantitative estimate of drug-likeness (QED) is 0.766. The van der Waals surface area contributed by atoms with Gasteiger partial charge in [-0.1, -0.05) is 6.92 Å². The van der Waals surface area contributed by atoms with Crippen molar-refractivity contribution in [3.8, 4) is 0 Å². The van der Waals surface area contributed by atoms with Crippen LogP contribution in [0.2, 0.25) is 0 Å². The van der Waals surface area contributed by atoms with E-state index in [1.54, 1.807) is 0 Å². The molecular formula is C13H25NO3. The summed E-state index contributed by atoms with van der Waals surface area (Å²) in [5.41, 5.74) is -0.612. The lowest BCUT2D eigenvalue weighted by molar-refractivity contribution is -0.166. The molecule has 1 rings (SSSR count). The van der Waals surface area contributed by atoms with Crippen LogP contribution < -0.4 is 5.32 Å². The van der Waals surface area contributed by atoms with Crippen LogP contribution in [0.5, 0.6) is 0 Å². The average Bonchev–Trinajstić information content (AvgIpc) is 2.15. The average molecular weight is 243 g/mol. The van der Waals surface area contributed by atoms with Gasteiger partial charge < -0.3 is 14.8 Å². The highest BCUT2D eigenvalue weighted by atomic mass is 16.6. The van der Waals surface area contributed by atoms with Crippen LogP contribution in [-0.4, -0.2) is 36.4 Å². The van der Waals surface area contributed by atoms with E-state index in [9.17, 15) is 4.79 Å². The molecule has 1 fully saturated rings. The predicted octanol–water partition coefficient (Wildman–Crippen LogP) is 1.87. The van der Waals surface area contributed by atoms with Gasteiger partial charge in [0.2, 0.25) is 0 Å². The molecule has 2 unspecified atom stereocenters. The minimum absolute atomic E-state index is 0.0146. The van der Waals surface area contributed by atoms with Gasteiger partial charge in [0.1, 0.15) is 11.6 Å². The minimum atomic E-state index is -0.612. The van der Waals surface area contributed by atoms with E-state index in [0.717, 1.165) is 19.4 Å². The van der Waals surface area contributed by atoms with E-state index in [2.05, 4.69) is 5.32 Å². The normalized spacial score (nSPS) is 30.1. The molecule has 0 amide bonds. The summed E-state index contributed by atoms with van der Waals surface area (Å²) in [5, 5.41) is 3.13. The molecule has 2 atom stereocenters. The van der Waals surface area contributed by atoms with Crippen LogP contribution in [0, 0.1) is 0 Å². The molecule has 1 aliphatic rings. The van der Waals surface area contributed by atoms with Gasteiger partial charge in [0.15, 0.2) is 0 Å². The maximum atomic E-state index is 12.0. The zero-order valence-corrected chi connectivity index (χ0v) is 11.6. The maximum Gasteiger partial charge on any atom is 0.326 e. The highest BCUT2D eigenvalue weighted by Crippen LogP contribution is 2.23. The summed E-state index contributed by atoms with van der Waals surface area (Å²) in [4.78, 5) is 12.0. The Bertz CT molecular complexity index is 255. The topological polar surface area (TPSA) is 47.6 Å². The lowest BCUT2D eigenvalue weighted by Gasteiger charge is -2.34. The molecule has 1 saturated heterocycles. The Morgan fingerprint density at radius 2 is 1.88 bits per heavy atom. The third kappa shape index (κ3) is 4.28. The largest absolute Gasteiger partial charge is 0.461 e. The first-order valence-electron chi connectivity index (χ1n) is 6.46. The molecular weight excluding hydrogens is 218 g/mol. The number of rotatable bonds is 4. The van der Waals surface area contributed by atoms with Crippen LogP contribution in [0.1, 0.15) is 47.5 Å². The Morgan fingerprint density at radius 3 is 2.35 bits per heavy atom. The van der Waals surface area contributed by atoms with Crippen molar-refractivity contribution in [3.05, 3.63) is 0 Å². The summed E-state index contributed by atoms with van der Waals surface area (Å²) >= 11 is 0. The molecule has 0 aliphatic carbocycles. The van der Waals surface area contributed by atoms with Crippen molar-refractivity contribution in [1.82, 2.24) is 5.32 Å². The standard InChI is InChI=1S/C13H25NO3/c1-6-14-13(4,5)12(15)17-11-7-9(2)16-10(3)8-11/h9-11,14H,6-8H2,1-5H3. The van der Waals surface area contributed by atoms with Crippen molar-refractivity contribution in [3.63, 3.8) is 0 Å². The van der Waals surface area contributed by atoms with Crippen LogP contribution in [-0.2, 0) is 14.3 Å². The van der Waals surface area contributed by atoms with Gasteiger partial charge in [0.05, 0.1) is 12.2 Å². The van der Waals surface area contributed by atoms with E-state index in [4.69, 9.17) is 9.47 Å². The second-order valence-electron chi connectivity index (χ2n) is 5.41. The third-order valence-electron chi connectivity index (χ3n) is 3.06. The first-order valence-corrected chi connectivity index (χ1v) is 6.46. The van der Waals surface area contributed by atoms with Crippen LogP contribution in [0.3, 0.4) is 0 Å². The van der Waals surface area contributed by atoms with E-state index >= 15 is 0 Å². The smallest absolute Gasteiger partial charge is 0.326 e. The summed E-state index contributed by atoms with van der Waals surface area (Å²) in [6.07, 6.45) is 1.90. The molecule has 100 valence electrons. The van der Waals surface area contributed by atoms with Gasteiger partial charge in [0.25, 0.3) is 0 Å². The molecule has 0 radical (unpaired) electrons. The fraction of sp³-hybridized carbons (Fsp3) is 0.923. The second-order valence-corrected chi connectivity index (χ2v) is 5.41. The number of hydrogen-bond acceptors (Lipinski definition) is 4. The molecule has 17 heavy (non-hydrogen) atoms. The Hall–Kier alpha value is -0.610. The van der Waals surface area contributed by atoms with E-state index in [0.29, 0.717) is 0 Å². The van der Waals surface area contributed by atoms with E-state index < -0.39 is 5.54 Å². The van der Waals surface area contributed by atoms with Gasteiger partial charge in [-0.05, 0) is 34.2 Å². The van der Waals surface area contributed by atoms with Crippen molar-refractivity contribution in [1.29, 1.82) is 0 Å². The fourth-order valence-electron chi connectivity index (χ4n) is 2.25. The van der Waals surface area contributed by atoms with E-state index in [1.807, 2.05) is 34.6 Å². The van der Waals surface area contributed by atoms with Gasteiger partial charge in [-0.25, -0.2) is 0 Å². The molecule has 1 aliphatic heterocycles. The van der Waals surface area contributed by atoms with Crippen molar-refractivity contribution in [2.24, 2.45) is 0 Å². The third-order valence-corrected chi connectivity index (χ3v) is 3.06. The zero-order chi connectivity index (χ0) is 13.1. The van der Waals surface area contributed by atoms with Gasteiger partial charge >= 0.3 is 5.97 Å². The maximum absolute atomic E-state index is 12.0. The molecule has 4 heteroatoms. The van der Waals surface area contributed by atoms with Crippen molar-refractivity contribution >= 4 is 5.97 Å². The molecule has 0 aromatic heterocycles. The summed E-state index contributed by atoms with van der Waals surface area (Å²) in [5.74, 6) is -0.175. The highest BCUT2D eigenvalue weighted by molar-refractivity contribution is 5.79. The summed E-state index contributed by atoms with van der Waals surface area (Å²) in [6.45, 7) is 10.5. The SMILES string of the molecule is CCNC(C)(C)C(=O)OC1CC(C)OC(C)C1. The predicted molar refractivity (Wildman–Crippen MR) is 66.9 cm³/mol. The van der Waals surface area contributed by atoms with Gasteiger partial charge in [-0.2, -0.15) is 0 Å². The number of nitrogens with one attached hydrogen (secondary N) is 1. The van der Waals surface area contributed by atoms with E-state index in [-0.39, 0.29) is 24.3 Å². The zero-order valence-electron chi connectivity index (χ0n) is 11.6. The van der Waals surface area contributed by atoms with Crippen LogP contribution >= 0.6 is 0 Å². The lowest BCUT2D eigenvalue weighted by Crippen LogP contribution is -2.49. The second kappa shape index (κ2) is 5.83. The monoisotopic (exact) mass is 243 g/mol. The van der Waals surface area contributed by atoms with Crippen molar-refractivity contribution in [2.45, 2.75) is 71.3 Å². The number of likely N-dealkylation sites (N-methyl/N-ethyl adjacent to an activating group) is 1. The van der Waals surface area contributed by atoms with Crippen LogP contribution in [0.15, 0.2) is 0 Å². The molecule has 4 nitrogen and oxygen atoms in total. The number of carbonyl (C=O) groups excluding carboxylic acids is 1. The molecule has 1 heterocycles. The van der Waals surface area contributed by atoms with Crippen LogP contribution in [0.25, 0.3) is 0 Å². The number of ether oxygens (including phenoxy) is 2. The fourth-order valence-corrected chi connectivity index (χ4v) is 2.25. The highest BCUT2D eigenvalue weighted by Gasteiger charge is 2.33. The first kappa shape index (κ1) is 14.5. The van der Waals surface area contributed by atoms with Gasteiger partial charge in [-0.3, -0.25) is 4.79 Å². The number of hydrogen-bond donors (Lipinski definition) is 1. The molecule has 0 saturated carbocycles. The summed E-state index contributed by atoms with van der Waals surface area (Å²) in [7, 11) is 0. The number of carbonyl (C=O) groups is 1. The van der Waals surface area contributed by atoms with Gasteiger partial charge in [-0.15, -0.1) is 0 Å². The minimum Gasteiger partial charge on any atom is -0.461 e. The molecule has 1 N–H and O–H groups in total. The lowest BCUT2D eigenvalue weighted by atomic mass is 10.0. The molecule has 0 aromatic rings. The number of esters is 1. The van der Waals surface area contributed by atoms with E-state index in [1.165, 1.54) is 0 Å². The summed E-state index contributed by atoms with van der Waals surface area (Å²) < 4.78 is 11.2. The summed E-state index contributed by atoms with van der Waals surface area (Å²) in [6, 6.07) is 0. The Balaban J connectivity index is 2.50. The molecule has 0 aromatic carbocycles.